The molecule has 1 aromatic heterocycles. The Balaban J connectivity index is 1.35. The van der Waals surface area contributed by atoms with Crippen molar-refractivity contribution in [2.45, 2.75) is 57.2 Å². The number of hydrogen-bond donors (Lipinski definition) is 2. The highest BCUT2D eigenvalue weighted by Crippen LogP contribution is 2.40. The summed E-state index contributed by atoms with van der Waals surface area (Å²) in [7, 11) is 0. The predicted octanol–water partition coefficient (Wildman–Crippen LogP) is 2.47. The molecule has 0 aliphatic carbocycles. The SMILES string of the molecule is Cc1ncoc1C(=O)NCC(=O)N1C2CCC1CC(C(N)Cc1cc(F)c(F)cc1F)C2. The topological polar surface area (TPSA) is 101 Å². The number of nitrogens with two attached hydrogens (primary N) is 1. The zero-order valence-corrected chi connectivity index (χ0v) is 17.6. The van der Waals surface area contributed by atoms with Gasteiger partial charge in [0.05, 0.1) is 12.2 Å². The molecule has 10 heteroatoms. The summed E-state index contributed by atoms with van der Waals surface area (Å²) in [6.45, 7) is 1.49. The molecule has 3 atom stereocenters. The van der Waals surface area contributed by atoms with Gasteiger partial charge in [-0.05, 0) is 56.6 Å². The summed E-state index contributed by atoms with van der Waals surface area (Å²) in [5.74, 6) is -3.71. The van der Waals surface area contributed by atoms with Gasteiger partial charge < -0.3 is 20.4 Å². The molecular weight excluding hydrogens is 425 g/mol. The molecule has 2 aliphatic rings. The normalized spacial score (nSPS) is 23.3. The third kappa shape index (κ3) is 4.36. The van der Waals surface area contributed by atoms with E-state index >= 15 is 0 Å². The number of rotatable bonds is 6. The zero-order chi connectivity index (χ0) is 23.0. The molecule has 2 saturated heterocycles. The van der Waals surface area contributed by atoms with Crippen LogP contribution in [-0.2, 0) is 11.2 Å². The van der Waals surface area contributed by atoms with E-state index in [2.05, 4.69) is 10.3 Å². The maximum absolute atomic E-state index is 14.0. The van der Waals surface area contributed by atoms with Crippen molar-refractivity contribution in [3.05, 3.63) is 53.0 Å². The van der Waals surface area contributed by atoms with E-state index in [0.717, 1.165) is 18.9 Å². The van der Waals surface area contributed by atoms with Gasteiger partial charge in [-0.1, -0.05) is 0 Å². The summed E-state index contributed by atoms with van der Waals surface area (Å²) in [6, 6.07) is 0.920. The Morgan fingerprint density at radius 2 is 1.84 bits per heavy atom. The van der Waals surface area contributed by atoms with Crippen LogP contribution in [0, 0.1) is 30.3 Å². The molecule has 172 valence electrons. The van der Waals surface area contributed by atoms with E-state index in [1.54, 1.807) is 6.92 Å². The number of fused-ring (bicyclic) bond motifs is 2. The average Bonchev–Trinajstić information content (AvgIpc) is 3.29. The largest absolute Gasteiger partial charge is 0.438 e. The summed E-state index contributed by atoms with van der Waals surface area (Å²) in [6.07, 6.45) is 4.20. The summed E-state index contributed by atoms with van der Waals surface area (Å²) in [5.41, 5.74) is 6.81. The molecule has 0 saturated carbocycles. The van der Waals surface area contributed by atoms with Crippen LogP contribution >= 0.6 is 0 Å². The zero-order valence-electron chi connectivity index (χ0n) is 17.6. The molecular formula is C22H25F3N4O3. The van der Waals surface area contributed by atoms with Crippen LogP contribution in [-0.4, -0.2) is 46.4 Å². The highest BCUT2D eigenvalue weighted by molar-refractivity contribution is 5.95. The Morgan fingerprint density at radius 3 is 2.47 bits per heavy atom. The number of nitrogens with one attached hydrogen (secondary N) is 1. The minimum Gasteiger partial charge on any atom is -0.438 e. The molecule has 4 rings (SSSR count). The molecule has 32 heavy (non-hydrogen) atoms. The summed E-state index contributed by atoms with van der Waals surface area (Å²) >= 11 is 0. The fourth-order valence-electron chi connectivity index (χ4n) is 4.96. The molecule has 2 aromatic rings. The first-order valence-electron chi connectivity index (χ1n) is 10.6. The van der Waals surface area contributed by atoms with E-state index in [4.69, 9.17) is 10.2 Å². The summed E-state index contributed by atoms with van der Waals surface area (Å²) in [4.78, 5) is 30.6. The van der Waals surface area contributed by atoms with Gasteiger partial charge in [0.15, 0.2) is 18.0 Å². The van der Waals surface area contributed by atoms with E-state index in [9.17, 15) is 22.8 Å². The first-order chi connectivity index (χ1) is 15.2. The van der Waals surface area contributed by atoms with Crippen LogP contribution in [0.25, 0.3) is 0 Å². The van der Waals surface area contributed by atoms with Crippen LogP contribution in [0.4, 0.5) is 13.2 Å². The number of aromatic nitrogens is 1. The van der Waals surface area contributed by atoms with E-state index in [1.807, 2.05) is 4.90 Å². The number of carbonyl (C=O) groups excluding carboxylic acids is 2. The number of halogens is 3. The van der Waals surface area contributed by atoms with Gasteiger partial charge in [0.2, 0.25) is 11.7 Å². The highest BCUT2D eigenvalue weighted by Gasteiger charge is 2.44. The number of piperidine rings is 1. The van der Waals surface area contributed by atoms with Crippen molar-refractivity contribution in [2.75, 3.05) is 6.54 Å². The number of amides is 2. The van der Waals surface area contributed by atoms with E-state index in [1.165, 1.54) is 6.39 Å². The molecule has 7 nitrogen and oxygen atoms in total. The molecule has 2 amide bonds. The lowest BCUT2D eigenvalue weighted by Gasteiger charge is -2.41. The lowest BCUT2D eigenvalue weighted by Crippen LogP contribution is -2.52. The van der Waals surface area contributed by atoms with Gasteiger partial charge in [0, 0.05) is 24.2 Å². The summed E-state index contributed by atoms with van der Waals surface area (Å²) in [5, 5.41) is 2.58. The fraction of sp³-hybridized carbons (Fsp3) is 0.500. The van der Waals surface area contributed by atoms with Crippen LogP contribution in [0.5, 0.6) is 0 Å². The Hall–Kier alpha value is -2.88. The average molecular weight is 450 g/mol. The number of benzene rings is 1. The third-order valence-electron chi connectivity index (χ3n) is 6.56. The first kappa shape index (κ1) is 22.3. The molecule has 3 heterocycles. The van der Waals surface area contributed by atoms with Crippen molar-refractivity contribution in [3.8, 4) is 0 Å². The number of hydrogen-bond acceptors (Lipinski definition) is 5. The molecule has 1 aromatic carbocycles. The number of carbonyl (C=O) groups is 2. The maximum Gasteiger partial charge on any atom is 0.289 e. The number of nitrogens with zero attached hydrogens (tertiary/aromatic N) is 2. The Labute approximate surface area is 183 Å². The lowest BCUT2D eigenvalue weighted by atomic mass is 9.82. The molecule has 3 N–H and O–H groups in total. The molecule has 2 fully saturated rings. The molecule has 3 unspecified atom stereocenters. The Kier molecular flexibility index (Phi) is 6.23. The van der Waals surface area contributed by atoms with Gasteiger partial charge in [0.25, 0.3) is 5.91 Å². The Morgan fingerprint density at radius 1 is 1.19 bits per heavy atom. The van der Waals surface area contributed by atoms with Crippen LogP contribution in [0.2, 0.25) is 0 Å². The van der Waals surface area contributed by atoms with Crippen molar-refractivity contribution in [1.82, 2.24) is 15.2 Å². The quantitative estimate of drug-likeness (QED) is 0.659. The minimum atomic E-state index is -1.23. The van der Waals surface area contributed by atoms with Crippen molar-refractivity contribution in [1.29, 1.82) is 0 Å². The minimum absolute atomic E-state index is 0.0176. The van der Waals surface area contributed by atoms with Crippen molar-refractivity contribution in [2.24, 2.45) is 11.7 Å². The number of aryl methyl sites for hydroxylation is 1. The van der Waals surface area contributed by atoms with Crippen LogP contribution in [0.15, 0.2) is 22.9 Å². The first-order valence-corrected chi connectivity index (χ1v) is 10.6. The number of oxazole rings is 1. The molecule has 0 spiro atoms. The van der Waals surface area contributed by atoms with Gasteiger partial charge >= 0.3 is 0 Å². The highest BCUT2D eigenvalue weighted by atomic mass is 19.2. The molecule has 2 bridgehead atoms. The van der Waals surface area contributed by atoms with Crippen LogP contribution in [0.1, 0.15) is 47.5 Å². The maximum atomic E-state index is 14.0. The second kappa shape index (κ2) is 8.93. The van der Waals surface area contributed by atoms with Crippen molar-refractivity contribution < 1.29 is 27.2 Å². The van der Waals surface area contributed by atoms with Crippen LogP contribution in [0.3, 0.4) is 0 Å². The van der Waals surface area contributed by atoms with E-state index in [-0.39, 0.29) is 48.2 Å². The van der Waals surface area contributed by atoms with Crippen molar-refractivity contribution in [3.63, 3.8) is 0 Å². The fourth-order valence-corrected chi connectivity index (χ4v) is 4.96. The van der Waals surface area contributed by atoms with Gasteiger partial charge in [0.1, 0.15) is 5.82 Å². The smallest absolute Gasteiger partial charge is 0.289 e. The monoisotopic (exact) mass is 450 g/mol. The van der Waals surface area contributed by atoms with E-state index < -0.39 is 29.4 Å². The van der Waals surface area contributed by atoms with Gasteiger partial charge in [-0.3, -0.25) is 9.59 Å². The molecule has 2 aliphatic heterocycles. The molecule has 0 radical (unpaired) electrons. The van der Waals surface area contributed by atoms with Gasteiger partial charge in [-0.2, -0.15) is 0 Å². The standard InChI is InChI=1S/C22H25F3N4O3/c1-11-21(32-10-28-11)22(31)27-9-20(30)29-14-2-3-15(29)5-13(4-14)19(26)7-12-6-17(24)18(25)8-16(12)23/h6,8,10,13-15,19H,2-5,7,9,26H2,1H3,(H,27,31). The summed E-state index contributed by atoms with van der Waals surface area (Å²) < 4.78 is 45.7. The van der Waals surface area contributed by atoms with Gasteiger partial charge in [-0.25, -0.2) is 18.2 Å². The van der Waals surface area contributed by atoms with E-state index in [0.29, 0.717) is 24.6 Å². The van der Waals surface area contributed by atoms with Crippen LogP contribution < -0.4 is 11.1 Å². The lowest BCUT2D eigenvalue weighted by molar-refractivity contribution is -0.135. The van der Waals surface area contributed by atoms with Gasteiger partial charge in [-0.15, -0.1) is 0 Å². The second-order valence-electron chi connectivity index (χ2n) is 8.59. The second-order valence-corrected chi connectivity index (χ2v) is 8.59. The van der Waals surface area contributed by atoms with Crippen molar-refractivity contribution >= 4 is 11.8 Å². The Bertz CT molecular complexity index is 1010. The third-order valence-corrected chi connectivity index (χ3v) is 6.56. The predicted molar refractivity (Wildman–Crippen MR) is 108 cm³/mol.